The summed E-state index contributed by atoms with van der Waals surface area (Å²) < 4.78 is 2.53. The predicted molar refractivity (Wildman–Crippen MR) is 65.5 cm³/mol. The van der Waals surface area contributed by atoms with Crippen molar-refractivity contribution in [1.29, 1.82) is 0 Å². The molecule has 0 aliphatic rings. The van der Waals surface area contributed by atoms with Crippen LogP contribution in [0.25, 0.3) is 0 Å². The molecule has 1 aromatic heterocycles. The van der Waals surface area contributed by atoms with E-state index in [1.807, 2.05) is 0 Å². The van der Waals surface area contributed by atoms with Crippen LogP contribution in [0.1, 0.15) is 12.0 Å². The smallest absolute Gasteiger partial charge is 0.332 e. The highest BCUT2D eigenvalue weighted by molar-refractivity contribution is 6.17. The van der Waals surface area contributed by atoms with Crippen molar-refractivity contribution in [3.63, 3.8) is 0 Å². The van der Waals surface area contributed by atoms with E-state index in [1.54, 1.807) is 14.0 Å². The van der Waals surface area contributed by atoms with Gasteiger partial charge in [0.2, 0.25) is 0 Å². The fourth-order valence-electron chi connectivity index (χ4n) is 1.54. The van der Waals surface area contributed by atoms with Gasteiger partial charge in [-0.3, -0.25) is 13.9 Å². The molecule has 0 atom stereocenters. The van der Waals surface area contributed by atoms with Crippen LogP contribution in [-0.2, 0) is 14.1 Å². The molecule has 16 heavy (non-hydrogen) atoms. The van der Waals surface area contributed by atoms with Gasteiger partial charge in [-0.15, -0.1) is 11.6 Å². The maximum atomic E-state index is 11.7. The molecule has 0 aliphatic heterocycles. The van der Waals surface area contributed by atoms with E-state index < -0.39 is 0 Å². The lowest BCUT2D eigenvalue weighted by molar-refractivity contribution is 0.680. The number of alkyl halides is 1. The lowest BCUT2D eigenvalue weighted by atomic mass is 10.3. The van der Waals surface area contributed by atoms with Crippen LogP contribution in [0.5, 0.6) is 0 Å². The summed E-state index contributed by atoms with van der Waals surface area (Å²) in [6.07, 6.45) is 0.782. The van der Waals surface area contributed by atoms with Crippen LogP contribution in [0.4, 0.5) is 5.82 Å². The zero-order valence-electron chi connectivity index (χ0n) is 9.71. The standard InChI is InChI=1S/C10H16ClN3O2/c1-7-8(12-6-4-5-11)13(2)10(16)14(3)9(7)15/h12H,4-6H2,1-3H3. The van der Waals surface area contributed by atoms with E-state index in [2.05, 4.69) is 5.32 Å². The van der Waals surface area contributed by atoms with Crippen molar-refractivity contribution in [2.45, 2.75) is 13.3 Å². The molecule has 5 nitrogen and oxygen atoms in total. The Balaban J connectivity index is 3.19. The second-order valence-corrected chi connectivity index (χ2v) is 4.03. The molecule has 1 N–H and O–H groups in total. The Hall–Kier alpha value is -1.23. The number of hydrogen-bond donors (Lipinski definition) is 1. The summed E-state index contributed by atoms with van der Waals surface area (Å²) in [4.78, 5) is 23.3. The van der Waals surface area contributed by atoms with E-state index in [0.29, 0.717) is 23.8 Å². The molecule has 0 bridgehead atoms. The molecule has 0 unspecified atom stereocenters. The van der Waals surface area contributed by atoms with E-state index >= 15 is 0 Å². The maximum Gasteiger partial charge on any atom is 0.332 e. The summed E-state index contributed by atoms with van der Waals surface area (Å²) in [6.45, 7) is 2.34. The lowest BCUT2D eigenvalue weighted by Crippen LogP contribution is -2.39. The van der Waals surface area contributed by atoms with Crippen molar-refractivity contribution in [3.05, 3.63) is 26.4 Å². The van der Waals surface area contributed by atoms with Crippen molar-refractivity contribution >= 4 is 17.4 Å². The number of nitrogens with zero attached hydrogens (tertiary/aromatic N) is 2. The first-order chi connectivity index (χ1) is 7.50. The largest absolute Gasteiger partial charge is 0.371 e. The van der Waals surface area contributed by atoms with Crippen LogP contribution in [0.15, 0.2) is 9.59 Å². The summed E-state index contributed by atoms with van der Waals surface area (Å²) in [6, 6.07) is 0. The van der Waals surface area contributed by atoms with Gasteiger partial charge < -0.3 is 5.32 Å². The average Bonchev–Trinajstić information content (AvgIpc) is 2.28. The second-order valence-electron chi connectivity index (χ2n) is 3.65. The van der Waals surface area contributed by atoms with Crippen molar-refractivity contribution in [2.24, 2.45) is 14.1 Å². The Bertz CT molecular complexity index is 453. The fraction of sp³-hybridized carbons (Fsp3) is 0.600. The molecule has 0 saturated carbocycles. The molecule has 0 aliphatic carbocycles. The van der Waals surface area contributed by atoms with Crippen LogP contribution in [-0.4, -0.2) is 21.6 Å². The minimum atomic E-state index is -0.330. The molecule has 0 saturated heterocycles. The molecular formula is C10H16ClN3O2. The van der Waals surface area contributed by atoms with Gasteiger partial charge in [0, 0.05) is 26.5 Å². The van der Waals surface area contributed by atoms with Gasteiger partial charge in [-0.2, -0.15) is 0 Å². The first kappa shape index (κ1) is 12.8. The first-order valence-electron chi connectivity index (χ1n) is 5.07. The summed E-state index contributed by atoms with van der Waals surface area (Å²) in [5, 5.41) is 3.06. The number of halogens is 1. The topological polar surface area (TPSA) is 56.0 Å². The molecule has 1 rings (SSSR count). The number of hydrogen-bond acceptors (Lipinski definition) is 3. The third-order valence-electron chi connectivity index (χ3n) is 2.49. The first-order valence-corrected chi connectivity index (χ1v) is 5.60. The minimum Gasteiger partial charge on any atom is -0.371 e. The zero-order valence-corrected chi connectivity index (χ0v) is 10.5. The third-order valence-corrected chi connectivity index (χ3v) is 2.76. The molecule has 0 fully saturated rings. The quantitative estimate of drug-likeness (QED) is 0.619. The summed E-state index contributed by atoms with van der Waals surface area (Å²) in [7, 11) is 3.11. The van der Waals surface area contributed by atoms with Crippen LogP contribution >= 0.6 is 11.6 Å². The summed E-state index contributed by atoms with van der Waals surface area (Å²) >= 11 is 5.56. The number of anilines is 1. The summed E-state index contributed by atoms with van der Waals surface area (Å²) in [5.74, 6) is 1.11. The Morgan fingerprint density at radius 3 is 2.44 bits per heavy atom. The van der Waals surface area contributed by atoms with Crippen LogP contribution in [0.3, 0.4) is 0 Å². The fourth-order valence-corrected chi connectivity index (χ4v) is 1.67. The van der Waals surface area contributed by atoms with Gasteiger partial charge in [0.15, 0.2) is 0 Å². The normalized spacial score (nSPS) is 10.5. The van der Waals surface area contributed by atoms with Gasteiger partial charge in [0.1, 0.15) is 5.82 Å². The minimum absolute atomic E-state index is 0.267. The Morgan fingerprint density at radius 1 is 1.25 bits per heavy atom. The van der Waals surface area contributed by atoms with Gasteiger partial charge in [0.05, 0.1) is 5.56 Å². The van der Waals surface area contributed by atoms with Gasteiger partial charge in [-0.25, -0.2) is 4.79 Å². The van der Waals surface area contributed by atoms with E-state index in [-0.39, 0.29) is 11.2 Å². The van der Waals surface area contributed by atoms with Crippen LogP contribution in [0, 0.1) is 6.92 Å². The van der Waals surface area contributed by atoms with E-state index in [4.69, 9.17) is 11.6 Å². The Kier molecular flexibility index (Phi) is 4.18. The molecule has 90 valence electrons. The van der Waals surface area contributed by atoms with E-state index in [9.17, 15) is 9.59 Å². The van der Waals surface area contributed by atoms with Crippen molar-refractivity contribution in [1.82, 2.24) is 9.13 Å². The molecule has 0 spiro atoms. The molecule has 1 heterocycles. The number of aromatic nitrogens is 2. The average molecular weight is 246 g/mol. The summed E-state index contributed by atoms with van der Waals surface area (Å²) in [5.41, 5.74) is -0.0559. The molecule has 1 aromatic rings. The molecular weight excluding hydrogens is 230 g/mol. The van der Waals surface area contributed by atoms with Crippen LogP contribution < -0.4 is 16.6 Å². The van der Waals surface area contributed by atoms with Crippen LogP contribution in [0.2, 0.25) is 0 Å². The Morgan fingerprint density at radius 2 is 1.88 bits per heavy atom. The zero-order chi connectivity index (χ0) is 12.3. The molecule has 6 heteroatoms. The van der Waals surface area contributed by atoms with Gasteiger partial charge >= 0.3 is 5.69 Å². The van der Waals surface area contributed by atoms with Gasteiger partial charge in [-0.1, -0.05) is 0 Å². The number of nitrogens with one attached hydrogen (secondary N) is 1. The third kappa shape index (κ3) is 2.29. The van der Waals surface area contributed by atoms with Gasteiger partial charge in [0.25, 0.3) is 5.56 Å². The Labute approximate surface area is 98.7 Å². The monoisotopic (exact) mass is 245 g/mol. The molecule has 0 radical (unpaired) electrons. The highest BCUT2D eigenvalue weighted by Gasteiger charge is 2.10. The predicted octanol–water partition coefficient (Wildman–Crippen LogP) is 0.433. The lowest BCUT2D eigenvalue weighted by Gasteiger charge is -2.14. The maximum absolute atomic E-state index is 11.7. The highest BCUT2D eigenvalue weighted by Crippen LogP contribution is 2.06. The molecule has 0 amide bonds. The van der Waals surface area contributed by atoms with Crippen molar-refractivity contribution in [2.75, 3.05) is 17.7 Å². The van der Waals surface area contributed by atoms with E-state index in [1.165, 1.54) is 11.6 Å². The van der Waals surface area contributed by atoms with Crippen molar-refractivity contribution < 1.29 is 0 Å². The highest BCUT2D eigenvalue weighted by atomic mass is 35.5. The number of rotatable bonds is 4. The van der Waals surface area contributed by atoms with Crippen molar-refractivity contribution in [3.8, 4) is 0 Å². The molecule has 0 aromatic carbocycles. The van der Waals surface area contributed by atoms with E-state index in [0.717, 1.165) is 11.0 Å². The SMILES string of the molecule is Cc1c(NCCCCl)n(C)c(=O)n(C)c1=O. The van der Waals surface area contributed by atoms with Gasteiger partial charge in [-0.05, 0) is 13.3 Å². The second kappa shape index (κ2) is 5.21.